The zero-order chi connectivity index (χ0) is 9.14. The summed E-state index contributed by atoms with van der Waals surface area (Å²) in [6.07, 6.45) is 0. The zero-order valence-corrected chi connectivity index (χ0v) is 6.30. The minimum Gasteiger partial charge on any atom is -0.508 e. The van der Waals surface area contributed by atoms with Crippen LogP contribution in [0.2, 0.25) is 0 Å². The highest BCUT2D eigenvalue weighted by Gasteiger charge is 2.10. The average molecular weight is 173 g/mol. The molecule has 0 spiro atoms. The molecule has 3 N–H and O–H groups in total. The lowest BCUT2D eigenvalue weighted by atomic mass is 10.1. The zero-order valence-electron chi connectivity index (χ0n) is 6.30. The highest BCUT2D eigenvalue weighted by atomic mass is 19.1. The van der Waals surface area contributed by atoms with Gasteiger partial charge in [-0.2, -0.15) is 0 Å². The molecule has 66 valence electrons. The first-order valence-electron chi connectivity index (χ1n) is 3.45. The van der Waals surface area contributed by atoms with Gasteiger partial charge in [0, 0.05) is 11.6 Å². The number of benzene rings is 1. The van der Waals surface area contributed by atoms with Crippen molar-refractivity contribution in [3.63, 3.8) is 0 Å². The van der Waals surface area contributed by atoms with Gasteiger partial charge in [-0.1, -0.05) is 6.07 Å². The Balaban J connectivity index is 3.01. The molecule has 0 heterocycles. The number of alkyl halides is 1. The number of phenolic OH excluding ortho intramolecular Hbond substituents is 1. The van der Waals surface area contributed by atoms with E-state index in [1.165, 1.54) is 6.07 Å². The maximum absolute atomic E-state index is 12.4. The Bertz CT molecular complexity index is 278. The standard InChI is InChI=1S/C8H9F2NO/c9-4-7(11)6-2-1-5(10)3-8(6)12/h1-3,7,12H,4,11H2/t7-/m0/s1. The van der Waals surface area contributed by atoms with E-state index in [4.69, 9.17) is 10.8 Å². The molecule has 0 saturated carbocycles. The van der Waals surface area contributed by atoms with Crippen LogP contribution in [0.15, 0.2) is 18.2 Å². The van der Waals surface area contributed by atoms with Crippen molar-refractivity contribution in [3.05, 3.63) is 29.6 Å². The van der Waals surface area contributed by atoms with Crippen LogP contribution in [0.5, 0.6) is 5.75 Å². The minimum absolute atomic E-state index is 0.221. The van der Waals surface area contributed by atoms with Crippen molar-refractivity contribution in [2.24, 2.45) is 5.73 Å². The van der Waals surface area contributed by atoms with Gasteiger partial charge in [0.15, 0.2) is 0 Å². The molecule has 0 aliphatic carbocycles. The monoisotopic (exact) mass is 173 g/mol. The largest absolute Gasteiger partial charge is 0.508 e. The second-order valence-electron chi connectivity index (χ2n) is 2.46. The van der Waals surface area contributed by atoms with Crippen molar-refractivity contribution in [3.8, 4) is 5.75 Å². The molecule has 0 amide bonds. The number of halogens is 2. The van der Waals surface area contributed by atoms with Gasteiger partial charge in [-0.25, -0.2) is 8.78 Å². The normalized spacial score (nSPS) is 12.9. The van der Waals surface area contributed by atoms with Crippen molar-refractivity contribution >= 4 is 0 Å². The Kier molecular flexibility index (Phi) is 2.60. The first kappa shape index (κ1) is 8.93. The van der Waals surface area contributed by atoms with E-state index in [1.54, 1.807) is 0 Å². The summed E-state index contributed by atoms with van der Waals surface area (Å²) in [6.45, 7) is -0.779. The quantitative estimate of drug-likeness (QED) is 0.711. The molecular formula is C8H9F2NO. The Labute approximate surface area is 68.6 Å². The summed E-state index contributed by atoms with van der Waals surface area (Å²) in [5, 5.41) is 9.11. The fourth-order valence-electron chi connectivity index (χ4n) is 0.913. The molecule has 0 aromatic heterocycles. The van der Waals surface area contributed by atoms with Gasteiger partial charge in [0.1, 0.15) is 18.2 Å². The molecule has 1 aromatic rings. The van der Waals surface area contributed by atoms with Crippen molar-refractivity contribution in [2.75, 3.05) is 6.67 Å². The van der Waals surface area contributed by atoms with E-state index in [0.29, 0.717) is 0 Å². The molecule has 2 nitrogen and oxygen atoms in total. The van der Waals surface area contributed by atoms with Crippen molar-refractivity contribution in [1.29, 1.82) is 0 Å². The van der Waals surface area contributed by atoms with Crippen molar-refractivity contribution in [1.82, 2.24) is 0 Å². The lowest BCUT2D eigenvalue weighted by Gasteiger charge is -2.08. The van der Waals surface area contributed by atoms with Gasteiger partial charge < -0.3 is 10.8 Å². The van der Waals surface area contributed by atoms with Crippen LogP contribution in [-0.4, -0.2) is 11.8 Å². The average Bonchev–Trinajstić information content (AvgIpc) is 2.03. The Morgan fingerprint density at radius 1 is 1.50 bits per heavy atom. The molecule has 1 rings (SSSR count). The van der Waals surface area contributed by atoms with Crippen LogP contribution < -0.4 is 5.73 Å². The van der Waals surface area contributed by atoms with Crippen molar-refractivity contribution in [2.45, 2.75) is 6.04 Å². The SMILES string of the molecule is N[C@@H](CF)c1ccc(F)cc1O. The smallest absolute Gasteiger partial charge is 0.126 e. The van der Waals surface area contributed by atoms with Crippen LogP contribution in [0, 0.1) is 5.82 Å². The maximum atomic E-state index is 12.4. The van der Waals surface area contributed by atoms with Crippen LogP contribution in [-0.2, 0) is 0 Å². The Morgan fingerprint density at radius 2 is 2.17 bits per heavy atom. The van der Waals surface area contributed by atoms with E-state index < -0.39 is 18.5 Å². The number of hydrogen-bond acceptors (Lipinski definition) is 2. The summed E-state index contributed by atoms with van der Waals surface area (Å²) < 4.78 is 24.4. The molecule has 0 aliphatic rings. The lowest BCUT2D eigenvalue weighted by molar-refractivity contribution is 0.412. The number of aromatic hydroxyl groups is 1. The summed E-state index contributed by atoms with van der Waals surface area (Å²) >= 11 is 0. The van der Waals surface area contributed by atoms with Gasteiger partial charge >= 0.3 is 0 Å². The van der Waals surface area contributed by atoms with Gasteiger partial charge in [0.25, 0.3) is 0 Å². The number of hydrogen-bond donors (Lipinski definition) is 2. The summed E-state index contributed by atoms with van der Waals surface area (Å²) in [6, 6.07) is 2.43. The topological polar surface area (TPSA) is 46.2 Å². The summed E-state index contributed by atoms with van der Waals surface area (Å²) in [4.78, 5) is 0. The van der Waals surface area contributed by atoms with Crippen LogP contribution in [0.1, 0.15) is 11.6 Å². The minimum atomic E-state index is -0.884. The number of rotatable bonds is 2. The summed E-state index contributed by atoms with van der Waals surface area (Å²) in [5.41, 5.74) is 5.51. The molecule has 0 bridgehead atoms. The molecule has 12 heavy (non-hydrogen) atoms. The highest BCUT2D eigenvalue weighted by Crippen LogP contribution is 2.23. The van der Waals surface area contributed by atoms with E-state index in [9.17, 15) is 8.78 Å². The molecule has 1 atom stereocenters. The van der Waals surface area contributed by atoms with Crippen LogP contribution >= 0.6 is 0 Å². The van der Waals surface area contributed by atoms with Gasteiger partial charge in [0.2, 0.25) is 0 Å². The van der Waals surface area contributed by atoms with Crippen LogP contribution in [0.25, 0.3) is 0 Å². The Morgan fingerprint density at radius 3 is 2.67 bits per heavy atom. The molecule has 1 aromatic carbocycles. The Hall–Kier alpha value is -1.16. The van der Waals surface area contributed by atoms with E-state index in [2.05, 4.69) is 0 Å². The van der Waals surface area contributed by atoms with E-state index in [0.717, 1.165) is 12.1 Å². The molecule has 0 radical (unpaired) electrons. The predicted molar refractivity (Wildman–Crippen MR) is 41.0 cm³/mol. The van der Waals surface area contributed by atoms with E-state index in [-0.39, 0.29) is 11.3 Å². The van der Waals surface area contributed by atoms with Gasteiger partial charge in [-0.15, -0.1) is 0 Å². The molecule has 0 aliphatic heterocycles. The molecule has 4 heteroatoms. The van der Waals surface area contributed by atoms with Crippen LogP contribution in [0.4, 0.5) is 8.78 Å². The predicted octanol–water partition coefficient (Wildman–Crippen LogP) is 1.50. The second-order valence-corrected chi connectivity index (χ2v) is 2.46. The molecule has 0 saturated heterocycles. The maximum Gasteiger partial charge on any atom is 0.126 e. The summed E-state index contributed by atoms with van der Waals surface area (Å²) in [5.74, 6) is -0.873. The van der Waals surface area contributed by atoms with Gasteiger partial charge in [-0.05, 0) is 6.07 Å². The second kappa shape index (κ2) is 3.49. The number of phenols is 1. The molecular weight excluding hydrogens is 164 g/mol. The highest BCUT2D eigenvalue weighted by molar-refractivity contribution is 5.34. The van der Waals surface area contributed by atoms with Crippen LogP contribution in [0.3, 0.4) is 0 Å². The first-order chi connectivity index (χ1) is 5.65. The fraction of sp³-hybridized carbons (Fsp3) is 0.250. The fourth-order valence-corrected chi connectivity index (χ4v) is 0.913. The van der Waals surface area contributed by atoms with Gasteiger partial charge in [0.05, 0.1) is 6.04 Å². The lowest BCUT2D eigenvalue weighted by Crippen LogP contribution is -2.12. The third-order valence-electron chi connectivity index (χ3n) is 1.56. The van der Waals surface area contributed by atoms with E-state index in [1.807, 2.05) is 0 Å². The molecule has 0 unspecified atom stereocenters. The summed E-state index contributed by atoms with van der Waals surface area (Å²) in [7, 11) is 0. The first-order valence-corrected chi connectivity index (χ1v) is 3.45. The third-order valence-corrected chi connectivity index (χ3v) is 1.56. The molecule has 0 fully saturated rings. The van der Waals surface area contributed by atoms with Gasteiger partial charge in [-0.3, -0.25) is 0 Å². The van der Waals surface area contributed by atoms with E-state index >= 15 is 0 Å². The number of nitrogens with two attached hydrogens (primary N) is 1. The van der Waals surface area contributed by atoms with Crippen molar-refractivity contribution < 1.29 is 13.9 Å². The third kappa shape index (κ3) is 1.71.